The second kappa shape index (κ2) is 11.8. The summed E-state index contributed by atoms with van der Waals surface area (Å²) in [5, 5.41) is 16.8. The maximum absolute atomic E-state index is 15.2. The van der Waals surface area contributed by atoms with Crippen molar-refractivity contribution in [2.45, 2.75) is 50.7 Å². The van der Waals surface area contributed by atoms with Gasteiger partial charge in [0.1, 0.15) is 5.82 Å². The number of rotatable bonds is 8. The van der Waals surface area contributed by atoms with E-state index in [4.69, 9.17) is 11.5 Å². The lowest BCUT2D eigenvalue weighted by Gasteiger charge is -2.31. The van der Waals surface area contributed by atoms with Crippen LogP contribution in [0.1, 0.15) is 58.6 Å². The van der Waals surface area contributed by atoms with E-state index in [9.17, 15) is 9.90 Å². The molecule has 11 nitrogen and oxygen atoms in total. The standard InChI is InChI=1S/C30H34FN9O2/c31-24-13-19(17-4-5-17)12-18-8-11-40(28(42)26(18)24)25-3-1-2-22(23(25)16-41)27-37-29(33)39-30(38-27)36-21(14-32)15-35-20-6-9-34-10-7-20/h1-3,12-15,17,20,34,41H,4-11,16,32H2,(H3,33,36,37,38,39). The molecule has 1 amide bonds. The van der Waals surface area contributed by atoms with Gasteiger partial charge in [0.05, 0.1) is 29.6 Å². The minimum absolute atomic E-state index is 0.0417. The number of anilines is 3. The van der Waals surface area contributed by atoms with Gasteiger partial charge < -0.3 is 32.1 Å². The highest BCUT2D eigenvalue weighted by Crippen LogP contribution is 2.42. The second-order valence-corrected chi connectivity index (χ2v) is 10.8. The van der Waals surface area contributed by atoms with Crippen LogP contribution in [0.4, 0.5) is 22.0 Å². The highest BCUT2D eigenvalue weighted by atomic mass is 19.1. The lowest BCUT2D eigenvalue weighted by Crippen LogP contribution is -2.39. The fourth-order valence-electron chi connectivity index (χ4n) is 5.63. The molecule has 0 atom stereocenters. The molecule has 7 N–H and O–H groups in total. The van der Waals surface area contributed by atoms with Gasteiger partial charge in [-0.1, -0.05) is 18.2 Å². The zero-order chi connectivity index (χ0) is 29.2. The molecule has 12 heteroatoms. The number of carbonyl (C=O) groups excluding carboxylic acids is 1. The highest BCUT2D eigenvalue weighted by molar-refractivity contribution is 6.09. The van der Waals surface area contributed by atoms with Crippen LogP contribution in [-0.2, 0) is 13.0 Å². The average Bonchev–Trinajstić information content (AvgIpc) is 3.85. The molecule has 3 aliphatic rings. The predicted molar refractivity (Wildman–Crippen MR) is 160 cm³/mol. The van der Waals surface area contributed by atoms with E-state index in [0.717, 1.165) is 49.9 Å². The number of aromatic nitrogens is 3. The van der Waals surface area contributed by atoms with Crippen molar-refractivity contribution in [3.8, 4) is 11.4 Å². The third-order valence-electron chi connectivity index (χ3n) is 7.97. The fourth-order valence-corrected chi connectivity index (χ4v) is 5.63. The van der Waals surface area contributed by atoms with Crippen molar-refractivity contribution in [2.75, 3.05) is 35.6 Å². The van der Waals surface area contributed by atoms with Gasteiger partial charge in [0.15, 0.2) is 5.82 Å². The van der Waals surface area contributed by atoms with E-state index in [0.29, 0.717) is 41.4 Å². The van der Waals surface area contributed by atoms with E-state index in [1.54, 1.807) is 24.4 Å². The largest absolute Gasteiger partial charge is 0.403 e. The Hall–Kier alpha value is -4.42. The van der Waals surface area contributed by atoms with Crippen molar-refractivity contribution in [1.82, 2.24) is 20.3 Å². The Balaban J connectivity index is 1.28. The first-order valence-electron chi connectivity index (χ1n) is 14.3. The summed E-state index contributed by atoms with van der Waals surface area (Å²) in [6.45, 7) is 1.78. The summed E-state index contributed by atoms with van der Waals surface area (Å²) in [4.78, 5) is 32.7. The third-order valence-corrected chi connectivity index (χ3v) is 7.97. The summed E-state index contributed by atoms with van der Waals surface area (Å²) < 4.78 is 15.2. The average molecular weight is 572 g/mol. The highest BCUT2D eigenvalue weighted by Gasteiger charge is 2.33. The Bertz CT molecular complexity index is 1560. The number of nitrogen functional groups attached to an aromatic ring is 1. The molecule has 2 aliphatic heterocycles. The predicted octanol–water partition coefficient (Wildman–Crippen LogP) is 2.87. The minimum Gasteiger partial charge on any atom is -0.403 e. The van der Waals surface area contributed by atoms with Gasteiger partial charge in [0.2, 0.25) is 11.9 Å². The number of aliphatic hydroxyl groups excluding tert-OH is 1. The number of piperidine rings is 1. The molecule has 3 heterocycles. The van der Waals surface area contributed by atoms with Gasteiger partial charge in [-0.2, -0.15) is 15.0 Å². The molecule has 2 aromatic carbocycles. The lowest BCUT2D eigenvalue weighted by atomic mass is 9.93. The summed E-state index contributed by atoms with van der Waals surface area (Å²) in [6.07, 6.45) is 7.53. The van der Waals surface area contributed by atoms with Crippen LogP contribution >= 0.6 is 0 Å². The normalized spacial score (nSPS) is 18.0. The van der Waals surface area contributed by atoms with E-state index >= 15 is 4.39 Å². The van der Waals surface area contributed by atoms with Crippen molar-refractivity contribution in [3.63, 3.8) is 0 Å². The van der Waals surface area contributed by atoms with E-state index in [-0.39, 0.29) is 29.3 Å². The Labute approximate surface area is 243 Å². The van der Waals surface area contributed by atoms with Crippen LogP contribution in [0, 0.1) is 5.82 Å². The Morgan fingerprint density at radius 2 is 2.00 bits per heavy atom. The van der Waals surface area contributed by atoms with Gasteiger partial charge in [0, 0.05) is 30.1 Å². The zero-order valence-electron chi connectivity index (χ0n) is 23.2. The van der Waals surface area contributed by atoms with Crippen LogP contribution in [-0.4, -0.2) is 57.9 Å². The van der Waals surface area contributed by atoms with Crippen LogP contribution in [0.3, 0.4) is 0 Å². The molecule has 1 aliphatic carbocycles. The Kier molecular flexibility index (Phi) is 7.81. The van der Waals surface area contributed by atoms with Crippen molar-refractivity contribution in [2.24, 2.45) is 10.7 Å². The molecule has 0 spiro atoms. The maximum atomic E-state index is 15.2. The quantitative estimate of drug-likeness (QED) is 0.255. The number of nitrogens with one attached hydrogen (secondary N) is 2. The number of carbonyl (C=O) groups is 1. The first kappa shape index (κ1) is 27.7. The van der Waals surface area contributed by atoms with Crippen molar-refractivity contribution in [3.05, 3.63) is 70.3 Å². The molecule has 42 heavy (non-hydrogen) atoms. The summed E-state index contributed by atoms with van der Waals surface area (Å²) in [5.41, 5.74) is 15.5. The fraction of sp³-hybridized carbons (Fsp3) is 0.367. The first-order chi connectivity index (χ1) is 20.4. The molecule has 1 saturated heterocycles. The Morgan fingerprint density at radius 1 is 1.19 bits per heavy atom. The first-order valence-corrected chi connectivity index (χ1v) is 14.3. The van der Waals surface area contributed by atoms with E-state index in [1.807, 2.05) is 6.07 Å². The molecule has 218 valence electrons. The van der Waals surface area contributed by atoms with Gasteiger partial charge in [-0.15, -0.1) is 0 Å². The molecule has 1 saturated carbocycles. The van der Waals surface area contributed by atoms with E-state index in [2.05, 4.69) is 30.6 Å². The maximum Gasteiger partial charge on any atom is 0.261 e. The molecule has 0 radical (unpaired) electrons. The van der Waals surface area contributed by atoms with Gasteiger partial charge >= 0.3 is 0 Å². The van der Waals surface area contributed by atoms with Crippen LogP contribution in [0.25, 0.3) is 11.4 Å². The van der Waals surface area contributed by atoms with Crippen molar-refractivity contribution in [1.29, 1.82) is 0 Å². The topological polar surface area (TPSA) is 168 Å². The number of fused-ring (bicyclic) bond motifs is 1. The monoisotopic (exact) mass is 571 g/mol. The van der Waals surface area contributed by atoms with E-state index < -0.39 is 18.3 Å². The van der Waals surface area contributed by atoms with Gasteiger partial charge in [-0.05, 0) is 74.4 Å². The molecule has 0 unspecified atom stereocenters. The zero-order valence-corrected chi connectivity index (χ0v) is 23.2. The third kappa shape index (κ3) is 5.68. The molecule has 2 fully saturated rings. The lowest BCUT2D eigenvalue weighted by molar-refractivity contribution is 0.0976. The number of nitrogens with two attached hydrogens (primary N) is 2. The number of aliphatic hydroxyl groups is 1. The van der Waals surface area contributed by atoms with Crippen molar-refractivity contribution >= 4 is 29.7 Å². The molecule has 3 aromatic rings. The smallest absolute Gasteiger partial charge is 0.261 e. The summed E-state index contributed by atoms with van der Waals surface area (Å²) in [7, 11) is 0. The summed E-state index contributed by atoms with van der Waals surface area (Å²) in [5.74, 6) is -0.240. The number of aliphatic imine (C=N–C) groups is 1. The van der Waals surface area contributed by atoms with Crippen molar-refractivity contribution < 1.29 is 14.3 Å². The van der Waals surface area contributed by atoms with Crippen LogP contribution in [0.15, 0.2) is 47.2 Å². The molecule has 0 bridgehead atoms. The molecular formula is C30H34FN9O2. The molecular weight excluding hydrogens is 537 g/mol. The van der Waals surface area contributed by atoms with Crippen LogP contribution < -0.4 is 27.0 Å². The summed E-state index contributed by atoms with van der Waals surface area (Å²) >= 11 is 0. The molecule has 1 aromatic heterocycles. The number of halogens is 1. The van der Waals surface area contributed by atoms with Gasteiger partial charge in [-0.3, -0.25) is 9.79 Å². The number of hydrogen-bond acceptors (Lipinski definition) is 10. The number of nitrogens with zero attached hydrogens (tertiary/aromatic N) is 5. The second-order valence-electron chi connectivity index (χ2n) is 10.8. The van der Waals surface area contributed by atoms with Gasteiger partial charge in [-0.25, -0.2) is 4.39 Å². The van der Waals surface area contributed by atoms with Crippen LogP contribution in [0.2, 0.25) is 0 Å². The van der Waals surface area contributed by atoms with Crippen LogP contribution in [0.5, 0.6) is 0 Å². The SMILES string of the molecule is NC=C(C=NC1CCNCC1)Nc1nc(N)nc(-c2cccc(N3CCc4cc(C5CC5)cc(F)c4C3=O)c2CO)n1. The van der Waals surface area contributed by atoms with Gasteiger partial charge in [0.25, 0.3) is 5.91 Å². The summed E-state index contributed by atoms with van der Waals surface area (Å²) in [6, 6.07) is 8.86. The molecule has 6 rings (SSSR count). The minimum atomic E-state index is -0.501. The number of benzene rings is 2. The Morgan fingerprint density at radius 3 is 2.74 bits per heavy atom. The number of hydrogen-bond donors (Lipinski definition) is 5. The number of amides is 1. The van der Waals surface area contributed by atoms with E-state index in [1.165, 1.54) is 17.2 Å². The number of allylic oxidation sites excluding steroid dienone is 1.